The van der Waals surface area contributed by atoms with Gasteiger partial charge in [-0.15, -0.1) is 0 Å². The van der Waals surface area contributed by atoms with Crippen molar-refractivity contribution in [2.75, 3.05) is 37.7 Å². The summed E-state index contributed by atoms with van der Waals surface area (Å²) in [5, 5.41) is 0.615. The number of rotatable bonds is 5. The number of fused-ring (bicyclic) bond motifs is 1. The zero-order valence-electron chi connectivity index (χ0n) is 15.1. The zero-order chi connectivity index (χ0) is 18.7. The van der Waals surface area contributed by atoms with E-state index in [-0.39, 0.29) is 5.97 Å². The number of nitrogens with zero attached hydrogens (tertiary/aromatic N) is 1. The van der Waals surface area contributed by atoms with Crippen LogP contribution in [0.2, 0.25) is 5.02 Å². The van der Waals surface area contributed by atoms with Gasteiger partial charge in [0.05, 0.1) is 17.9 Å². The van der Waals surface area contributed by atoms with Crippen molar-refractivity contribution in [3.8, 4) is 5.75 Å². The maximum atomic E-state index is 12.3. The molecule has 0 saturated heterocycles. The summed E-state index contributed by atoms with van der Waals surface area (Å²) >= 11 is 5.98. The Labute approximate surface area is 160 Å². The molecular weight excluding hydrogens is 370 g/mol. The first-order valence-electron chi connectivity index (χ1n) is 8.25. The van der Waals surface area contributed by atoms with E-state index in [0.29, 0.717) is 29.5 Å². The van der Waals surface area contributed by atoms with E-state index in [1.807, 2.05) is 18.2 Å². The molecular formula is C20H22ClNO3S. The predicted molar refractivity (Wildman–Crippen MR) is 110 cm³/mol. The number of carbonyl (C=O) groups excluding carboxylic acids is 1. The fraction of sp³-hybridized carbons (Fsp3) is 0.300. The van der Waals surface area contributed by atoms with E-state index < -0.39 is 10.0 Å². The van der Waals surface area contributed by atoms with E-state index in [1.54, 1.807) is 24.3 Å². The van der Waals surface area contributed by atoms with Crippen LogP contribution in [0.5, 0.6) is 5.75 Å². The Balaban J connectivity index is 1.75. The van der Waals surface area contributed by atoms with Gasteiger partial charge in [-0.3, -0.25) is 0 Å². The molecule has 0 amide bonds. The highest BCUT2D eigenvalue weighted by molar-refractivity contribution is 8.32. The topological polar surface area (TPSA) is 47.9 Å². The normalized spacial score (nSPS) is 14.1. The SMILES string of the molecule is CS(C)(C)CCOC(=O)c1cccc(C2=Nc3ccc(Cl)cc3OC2)c1. The van der Waals surface area contributed by atoms with Crippen LogP contribution in [-0.4, -0.2) is 49.4 Å². The Morgan fingerprint density at radius 2 is 2.04 bits per heavy atom. The van der Waals surface area contributed by atoms with Crippen molar-refractivity contribution in [1.29, 1.82) is 0 Å². The standard InChI is InChI=1S/C20H22ClNO3S/c1-26(2,3)10-9-24-20(23)15-6-4-5-14(11-15)18-13-25-19-12-16(21)7-8-17(19)22-18/h4-8,11-12H,9-10,13H2,1-3H3. The van der Waals surface area contributed by atoms with Crippen molar-refractivity contribution < 1.29 is 14.3 Å². The van der Waals surface area contributed by atoms with Crippen molar-refractivity contribution in [1.82, 2.24) is 0 Å². The molecule has 0 aliphatic carbocycles. The Hall–Kier alpha value is -1.98. The molecule has 0 atom stereocenters. The van der Waals surface area contributed by atoms with E-state index in [1.165, 1.54) is 0 Å². The fourth-order valence-electron chi connectivity index (χ4n) is 2.46. The fourth-order valence-corrected chi connectivity index (χ4v) is 3.21. The lowest BCUT2D eigenvalue weighted by atomic mass is 10.1. The molecule has 0 aromatic heterocycles. The summed E-state index contributed by atoms with van der Waals surface area (Å²) in [6.45, 7) is 0.777. The lowest BCUT2D eigenvalue weighted by Gasteiger charge is -2.24. The van der Waals surface area contributed by atoms with Crippen LogP contribution in [0.4, 0.5) is 5.69 Å². The van der Waals surface area contributed by atoms with Crippen LogP contribution in [0.3, 0.4) is 0 Å². The van der Waals surface area contributed by atoms with Crippen molar-refractivity contribution in [2.45, 2.75) is 0 Å². The molecule has 4 nitrogen and oxygen atoms in total. The van der Waals surface area contributed by atoms with Crippen LogP contribution < -0.4 is 4.74 Å². The molecule has 0 spiro atoms. The van der Waals surface area contributed by atoms with Gasteiger partial charge in [0.2, 0.25) is 0 Å². The molecule has 0 bridgehead atoms. The first-order valence-corrected chi connectivity index (χ1v) is 11.7. The molecule has 6 heteroatoms. The Bertz CT molecular complexity index is 858. The van der Waals surface area contributed by atoms with E-state index in [2.05, 4.69) is 23.8 Å². The lowest BCUT2D eigenvalue weighted by molar-refractivity contribution is 0.0530. The van der Waals surface area contributed by atoms with E-state index in [4.69, 9.17) is 21.1 Å². The highest BCUT2D eigenvalue weighted by Crippen LogP contribution is 2.34. The second-order valence-corrected chi connectivity index (χ2v) is 12.0. The number of hydrogen-bond acceptors (Lipinski definition) is 4. The second-order valence-electron chi connectivity index (χ2n) is 6.97. The van der Waals surface area contributed by atoms with Gasteiger partial charge in [0, 0.05) is 22.4 Å². The Morgan fingerprint density at radius 1 is 1.23 bits per heavy atom. The monoisotopic (exact) mass is 391 g/mol. The third kappa shape index (κ3) is 4.80. The maximum absolute atomic E-state index is 12.3. The van der Waals surface area contributed by atoms with Crippen molar-refractivity contribution >= 4 is 39.0 Å². The first-order chi connectivity index (χ1) is 12.3. The van der Waals surface area contributed by atoms with Gasteiger partial charge >= 0.3 is 5.97 Å². The lowest BCUT2D eigenvalue weighted by Crippen LogP contribution is -2.17. The molecule has 0 unspecified atom stereocenters. The van der Waals surface area contributed by atoms with Gasteiger partial charge in [0.1, 0.15) is 18.0 Å². The third-order valence-corrected chi connectivity index (χ3v) is 5.53. The van der Waals surface area contributed by atoms with Crippen LogP contribution in [0.15, 0.2) is 47.5 Å². The van der Waals surface area contributed by atoms with E-state index >= 15 is 0 Å². The van der Waals surface area contributed by atoms with Crippen LogP contribution >= 0.6 is 21.6 Å². The summed E-state index contributed by atoms with van der Waals surface area (Å²) in [6.07, 6.45) is 6.61. The number of halogens is 1. The molecule has 1 aliphatic heterocycles. The number of hydrogen-bond donors (Lipinski definition) is 0. The predicted octanol–water partition coefficient (Wildman–Crippen LogP) is 4.70. The van der Waals surface area contributed by atoms with Crippen molar-refractivity contribution in [3.05, 3.63) is 58.6 Å². The van der Waals surface area contributed by atoms with E-state index in [9.17, 15) is 4.79 Å². The molecule has 2 aromatic rings. The maximum Gasteiger partial charge on any atom is 0.338 e. The second kappa shape index (κ2) is 7.72. The minimum absolute atomic E-state index is 0.306. The van der Waals surface area contributed by atoms with Crippen LogP contribution in [0.25, 0.3) is 0 Å². The summed E-state index contributed by atoms with van der Waals surface area (Å²) in [5.74, 6) is 1.26. The van der Waals surface area contributed by atoms with Gasteiger partial charge in [-0.1, -0.05) is 23.7 Å². The summed E-state index contributed by atoms with van der Waals surface area (Å²) < 4.78 is 11.2. The highest BCUT2D eigenvalue weighted by Gasteiger charge is 2.17. The third-order valence-electron chi connectivity index (χ3n) is 3.90. The Morgan fingerprint density at radius 3 is 2.81 bits per heavy atom. The molecule has 0 radical (unpaired) electrons. The van der Waals surface area contributed by atoms with Gasteiger partial charge in [-0.25, -0.2) is 19.8 Å². The van der Waals surface area contributed by atoms with Crippen LogP contribution in [-0.2, 0) is 4.74 Å². The minimum atomic E-state index is -0.681. The van der Waals surface area contributed by atoms with Gasteiger partial charge in [-0.2, -0.15) is 0 Å². The van der Waals surface area contributed by atoms with Gasteiger partial charge in [0.15, 0.2) is 0 Å². The number of ether oxygens (including phenoxy) is 2. The van der Waals surface area contributed by atoms with Gasteiger partial charge < -0.3 is 9.47 Å². The molecule has 26 heavy (non-hydrogen) atoms. The molecule has 1 aliphatic rings. The largest absolute Gasteiger partial charge is 0.485 e. The molecule has 2 aromatic carbocycles. The number of aliphatic imine (C=N–C) groups is 1. The first kappa shape index (κ1) is 18.8. The molecule has 1 heterocycles. The molecule has 0 fully saturated rings. The van der Waals surface area contributed by atoms with Gasteiger partial charge in [-0.05, 0) is 43.0 Å². The smallest absolute Gasteiger partial charge is 0.338 e. The van der Waals surface area contributed by atoms with Crippen LogP contribution in [0.1, 0.15) is 15.9 Å². The highest BCUT2D eigenvalue weighted by atomic mass is 35.5. The summed E-state index contributed by atoms with van der Waals surface area (Å²) in [7, 11) is -0.681. The Kier molecular flexibility index (Phi) is 5.58. The summed E-state index contributed by atoms with van der Waals surface area (Å²) in [6, 6.07) is 12.7. The van der Waals surface area contributed by atoms with Crippen LogP contribution in [0, 0.1) is 0 Å². The number of esters is 1. The summed E-state index contributed by atoms with van der Waals surface area (Å²) in [4.78, 5) is 16.9. The molecule has 138 valence electrons. The average Bonchev–Trinajstić information content (AvgIpc) is 2.60. The van der Waals surface area contributed by atoms with Crippen molar-refractivity contribution in [3.63, 3.8) is 0 Å². The number of carbonyl (C=O) groups is 1. The van der Waals surface area contributed by atoms with Gasteiger partial charge in [0.25, 0.3) is 0 Å². The molecule has 0 saturated carbocycles. The zero-order valence-corrected chi connectivity index (χ0v) is 16.7. The van der Waals surface area contributed by atoms with Crippen molar-refractivity contribution in [2.24, 2.45) is 4.99 Å². The summed E-state index contributed by atoms with van der Waals surface area (Å²) in [5.41, 5.74) is 2.88. The number of benzene rings is 2. The molecule has 0 N–H and O–H groups in total. The minimum Gasteiger partial charge on any atom is -0.485 e. The quantitative estimate of drug-likeness (QED) is 0.694. The van der Waals surface area contributed by atoms with E-state index in [0.717, 1.165) is 22.7 Å². The average molecular weight is 392 g/mol. The molecule has 3 rings (SSSR count).